The summed E-state index contributed by atoms with van der Waals surface area (Å²) in [6, 6.07) is 9.08. The second-order valence-corrected chi connectivity index (χ2v) is 7.30. The van der Waals surface area contributed by atoms with Crippen LogP contribution in [0.1, 0.15) is 11.3 Å². The van der Waals surface area contributed by atoms with Crippen LogP contribution in [0.25, 0.3) is 10.9 Å². The predicted molar refractivity (Wildman–Crippen MR) is 117 cm³/mol. The van der Waals surface area contributed by atoms with Gasteiger partial charge in [0, 0.05) is 17.8 Å². The first-order valence-corrected chi connectivity index (χ1v) is 9.82. The summed E-state index contributed by atoms with van der Waals surface area (Å²) in [6.07, 6.45) is 4.39. The number of hydrogen-bond donors (Lipinski definition) is 3. The molecule has 3 aromatic heterocycles. The minimum Gasteiger partial charge on any atom is -0.383 e. The molecule has 0 aliphatic carbocycles. The Morgan fingerprint density at radius 2 is 2.00 bits per heavy atom. The summed E-state index contributed by atoms with van der Waals surface area (Å²) in [6.45, 7) is 0.0155. The highest BCUT2D eigenvalue weighted by Crippen LogP contribution is 2.24. The quantitative estimate of drug-likeness (QED) is 0.398. The molecule has 2 amide bonds. The lowest BCUT2D eigenvalue weighted by atomic mass is 10.2. The molecule has 0 unspecified atom stereocenters. The number of carbonyl (C=O) groups is 2. The smallest absolute Gasteiger partial charge is 0.314 e. The fourth-order valence-electron chi connectivity index (χ4n) is 3.11. The number of rotatable bonds is 5. The first-order chi connectivity index (χ1) is 15.4. The van der Waals surface area contributed by atoms with E-state index in [2.05, 4.69) is 25.5 Å². The average molecular weight is 454 g/mol. The third-order valence-electron chi connectivity index (χ3n) is 4.70. The lowest BCUT2D eigenvalue weighted by Crippen LogP contribution is -2.39. The number of nitrogens with one attached hydrogen (secondary N) is 2. The SMILES string of the molecule is Nc1ncc(NC(=O)C(=O)N(Cc2ccccn2)Cc2ccc(F)cc2Cl)c2[nH]ncc12. The van der Waals surface area contributed by atoms with Gasteiger partial charge in [0.25, 0.3) is 0 Å². The number of amides is 2. The maximum absolute atomic E-state index is 13.4. The first kappa shape index (κ1) is 21.2. The van der Waals surface area contributed by atoms with Crippen molar-refractivity contribution in [3.63, 3.8) is 0 Å². The summed E-state index contributed by atoms with van der Waals surface area (Å²) in [5, 5.41) is 9.81. The molecule has 0 saturated carbocycles. The molecule has 0 saturated heterocycles. The second-order valence-electron chi connectivity index (χ2n) is 6.89. The van der Waals surface area contributed by atoms with Gasteiger partial charge < -0.3 is 16.0 Å². The van der Waals surface area contributed by atoms with Gasteiger partial charge in [-0.05, 0) is 29.8 Å². The maximum atomic E-state index is 13.4. The lowest BCUT2D eigenvalue weighted by molar-refractivity contribution is -0.144. The number of nitrogen functional groups attached to an aromatic ring is 1. The number of aromatic amines is 1. The Morgan fingerprint density at radius 3 is 2.75 bits per heavy atom. The number of nitrogens with zero attached hydrogens (tertiary/aromatic N) is 4. The summed E-state index contributed by atoms with van der Waals surface area (Å²) in [4.78, 5) is 35.4. The molecule has 0 aliphatic rings. The van der Waals surface area contributed by atoms with Crippen molar-refractivity contribution < 1.29 is 14.0 Å². The lowest BCUT2D eigenvalue weighted by Gasteiger charge is -2.22. The largest absolute Gasteiger partial charge is 0.383 e. The predicted octanol–water partition coefficient (Wildman–Crippen LogP) is 2.90. The van der Waals surface area contributed by atoms with Crippen LogP contribution in [-0.4, -0.2) is 36.9 Å². The topological polar surface area (TPSA) is 130 Å². The molecule has 0 aliphatic heterocycles. The summed E-state index contributed by atoms with van der Waals surface area (Å²) >= 11 is 6.13. The van der Waals surface area contributed by atoms with E-state index in [1.807, 2.05) is 0 Å². The number of aromatic nitrogens is 4. The molecular weight excluding hydrogens is 437 g/mol. The van der Waals surface area contributed by atoms with Crippen molar-refractivity contribution >= 4 is 45.8 Å². The molecule has 32 heavy (non-hydrogen) atoms. The minimum atomic E-state index is -0.901. The highest BCUT2D eigenvalue weighted by Gasteiger charge is 2.25. The van der Waals surface area contributed by atoms with Crippen LogP contribution >= 0.6 is 11.6 Å². The van der Waals surface area contributed by atoms with Crippen molar-refractivity contribution in [2.75, 3.05) is 11.1 Å². The number of carbonyl (C=O) groups excluding carboxylic acids is 2. The fourth-order valence-corrected chi connectivity index (χ4v) is 3.34. The van der Waals surface area contributed by atoms with E-state index in [4.69, 9.17) is 17.3 Å². The number of fused-ring (bicyclic) bond motifs is 1. The van der Waals surface area contributed by atoms with Gasteiger partial charge in [-0.15, -0.1) is 0 Å². The van der Waals surface area contributed by atoms with E-state index in [1.54, 1.807) is 24.4 Å². The molecule has 0 radical (unpaired) electrons. The number of halogens is 2. The third-order valence-corrected chi connectivity index (χ3v) is 5.05. The maximum Gasteiger partial charge on any atom is 0.314 e. The Hall–Kier alpha value is -4.05. The van der Waals surface area contributed by atoms with Crippen LogP contribution in [0.3, 0.4) is 0 Å². The number of H-pyrrole nitrogens is 1. The molecule has 0 atom stereocenters. The zero-order valence-corrected chi connectivity index (χ0v) is 17.3. The Balaban J connectivity index is 1.60. The summed E-state index contributed by atoms with van der Waals surface area (Å²) in [5.41, 5.74) is 7.54. The van der Waals surface area contributed by atoms with Gasteiger partial charge in [-0.2, -0.15) is 5.10 Å². The summed E-state index contributed by atoms with van der Waals surface area (Å²) in [5.74, 6) is -2.00. The van der Waals surface area contributed by atoms with E-state index >= 15 is 0 Å². The molecule has 3 heterocycles. The summed E-state index contributed by atoms with van der Waals surface area (Å²) in [7, 11) is 0. The van der Waals surface area contributed by atoms with E-state index < -0.39 is 17.6 Å². The third kappa shape index (κ3) is 4.49. The van der Waals surface area contributed by atoms with Crippen molar-refractivity contribution in [3.05, 3.63) is 77.1 Å². The number of hydrogen-bond acceptors (Lipinski definition) is 6. The van der Waals surface area contributed by atoms with Gasteiger partial charge >= 0.3 is 11.8 Å². The molecule has 4 rings (SSSR count). The van der Waals surface area contributed by atoms with Crippen LogP contribution in [-0.2, 0) is 22.7 Å². The van der Waals surface area contributed by atoms with Crippen LogP contribution in [0.15, 0.2) is 55.0 Å². The van der Waals surface area contributed by atoms with Gasteiger partial charge in [0.1, 0.15) is 11.6 Å². The van der Waals surface area contributed by atoms with Gasteiger partial charge in [0.15, 0.2) is 0 Å². The second kappa shape index (κ2) is 8.98. The van der Waals surface area contributed by atoms with Crippen molar-refractivity contribution in [3.8, 4) is 0 Å². The van der Waals surface area contributed by atoms with Gasteiger partial charge in [0.05, 0.1) is 41.2 Å². The minimum absolute atomic E-state index is 0.0264. The molecule has 4 aromatic rings. The monoisotopic (exact) mass is 453 g/mol. The van der Waals surface area contributed by atoms with Crippen LogP contribution in [0, 0.1) is 5.82 Å². The molecular formula is C21H17ClFN7O2. The van der Waals surface area contributed by atoms with Crippen LogP contribution < -0.4 is 11.1 Å². The van der Waals surface area contributed by atoms with Crippen molar-refractivity contribution in [2.24, 2.45) is 0 Å². The number of benzene rings is 1. The molecule has 0 spiro atoms. The average Bonchev–Trinajstić information content (AvgIpc) is 3.28. The van der Waals surface area contributed by atoms with Gasteiger partial charge in [-0.1, -0.05) is 23.7 Å². The Kier molecular flexibility index (Phi) is 5.95. The zero-order valence-electron chi connectivity index (χ0n) is 16.5. The van der Waals surface area contributed by atoms with Gasteiger partial charge in [-0.25, -0.2) is 9.37 Å². The van der Waals surface area contributed by atoms with Gasteiger partial charge in [-0.3, -0.25) is 19.7 Å². The number of pyridine rings is 2. The first-order valence-electron chi connectivity index (χ1n) is 9.44. The molecule has 162 valence electrons. The number of anilines is 2. The zero-order chi connectivity index (χ0) is 22.7. The Morgan fingerprint density at radius 1 is 1.16 bits per heavy atom. The summed E-state index contributed by atoms with van der Waals surface area (Å²) < 4.78 is 13.4. The standard InChI is InChI=1S/C21H17ClFN7O2/c22-16-7-13(23)5-4-12(16)10-30(11-14-3-1-2-6-25-14)21(32)20(31)28-17-9-26-19(24)15-8-27-29-18(15)17/h1-9H,10-11H2,(H2,24,26)(H,27,29)(H,28,31). The highest BCUT2D eigenvalue weighted by molar-refractivity contribution is 6.40. The molecule has 9 nitrogen and oxygen atoms in total. The van der Waals surface area contributed by atoms with Crippen molar-refractivity contribution in [1.82, 2.24) is 25.1 Å². The van der Waals surface area contributed by atoms with Crippen molar-refractivity contribution in [1.29, 1.82) is 0 Å². The van der Waals surface area contributed by atoms with E-state index in [-0.39, 0.29) is 29.6 Å². The van der Waals surface area contributed by atoms with Crippen LogP contribution in [0.4, 0.5) is 15.9 Å². The Labute approximate surface area is 186 Å². The van der Waals surface area contributed by atoms with Gasteiger partial charge in [0.2, 0.25) is 0 Å². The normalized spacial score (nSPS) is 10.8. The molecule has 4 N–H and O–H groups in total. The van der Waals surface area contributed by atoms with E-state index in [9.17, 15) is 14.0 Å². The van der Waals surface area contributed by atoms with E-state index in [1.165, 1.54) is 29.4 Å². The fraction of sp³-hybridized carbons (Fsp3) is 0.0952. The number of nitrogens with two attached hydrogens (primary N) is 1. The van der Waals surface area contributed by atoms with Crippen molar-refractivity contribution in [2.45, 2.75) is 13.1 Å². The van der Waals surface area contributed by atoms with E-state index in [0.29, 0.717) is 22.2 Å². The molecule has 11 heteroatoms. The highest BCUT2D eigenvalue weighted by atomic mass is 35.5. The molecule has 0 bridgehead atoms. The Bertz CT molecular complexity index is 1300. The molecule has 1 aromatic carbocycles. The van der Waals surface area contributed by atoms with Crippen LogP contribution in [0.2, 0.25) is 5.02 Å². The van der Waals surface area contributed by atoms with Crippen LogP contribution in [0.5, 0.6) is 0 Å². The van der Waals surface area contributed by atoms with E-state index in [0.717, 1.165) is 6.07 Å². The molecule has 0 fully saturated rings.